The fourth-order valence-electron chi connectivity index (χ4n) is 2.56. The van der Waals surface area contributed by atoms with Crippen LogP contribution in [0, 0.1) is 0 Å². The van der Waals surface area contributed by atoms with Gasteiger partial charge in [0.05, 0.1) is 0 Å². The molecule has 2 aliphatic rings. The largest absolute Gasteiger partial charge is 0.315 e. The first-order chi connectivity index (χ1) is 5.91. The molecule has 1 aromatic rings. The molecule has 1 aliphatic heterocycles. The Morgan fingerprint density at radius 2 is 2.00 bits per heavy atom. The summed E-state index contributed by atoms with van der Waals surface area (Å²) in [6.45, 7) is 2.40. The summed E-state index contributed by atoms with van der Waals surface area (Å²) in [6, 6.07) is 8.92. The van der Waals surface area contributed by atoms with Gasteiger partial charge in [-0.15, -0.1) is 0 Å². The van der Waals surface area contributed by atoms with E-state index in [0.29, 0.717) is 5.41 Å². The molecular weight excluding hydrogens is 146 g/mol. The van der Waals surface area contributed by atoms with Crippen LogP contribution in [0.3, 0.4) is 0 Å². The summed E-state index contributed by atoms with van der Waals surface area (Å²) in [5, 5.41) is 3.38. The first-order valence-electron chi connectivity index (χ1n) is 4.70. The molecule has 0 bridgehead atoms. The number of rotatable bonds is 0. The van der Waals surface area contributed by atoms with Crippen LogP contribution in [-0.4, -0.2) is 13.1 Å². The normalized spacial score (nSPS) is 23.7. The fraction of sp³-hybridized carbons (Fsp3) is 0.455. The van der Waals surface area contributed by atoms with E-state index in [-0.39, 0.29) is 0 Å². The van der Waals surface area contributed by atoms with Crippen LogP contribution < -0.4 is 5.32 Å². The topological polar surface area (TPSA) is 12.0 Å². The van der Waals surface area contributed by atoms with Crippen molar-refractivity contribution in [2.24, 2.45) is 0 Å². The van der Waals surface area contributed by atoms with Gasteiger partial charge in [0.1, 0.15) is 0 Å². The van der Waals surface area contributed by atoms with Gasteiger partial charge in [0, 0.05) is 18.5 Å². The Balaban J connectivity index is 2.13. The summed E-state index contributed by atoms with van der Waals surface area (Å²) in [4.78, 5) is 0. The molecule has 1 N–H and O–H groups in total. The lowest BCUT2D eigenvalue weighted by molar-refractivity contribution is 0.276. The number of benzene rings is 1. The van der Waals surface area contributed by atoms with Gasteiger partial charge in [-0.2, -0.15) is 0 Å². The van der Waals surface area contributed by atoms with Gasteiger partial charge in [0.2, 0.25) is 0 Å². The van der Waals surface area contributed by atoms with Gasteiger partial charge >= 0.3 is 0 Å². The SMILES string of the molecule is c1ccc2c(c1)CCC21CNC1. The predicted octanol–water partition coefficient (Wildman–Crippen LogP) is 1.47. The number of aryl methyl sites for hydroxylation is 1. The Kier molecular flexibility index (Phi) is 1.17. The lowest BCUT2D eigenvalue weighted by Crippen LogP contribution is -2.55. The van der Waals surface area contributed by atoms with E-state index in [4.69, 9.17) is 0 Å². The van der Waals surface area contributed by atoms with Crippen molar-refractivity contribution in [3.63, 3.8) is 0 Å². The second kappa shape index (κ2) is 2.11. The molecule has 3 rings (SSSR count). The molecule has 0 atom stereocenters. The molecule has 0 radical (unpaired) electrons. The van der Waals surface area contributed by atoms with Crippen LogP contribution in [0.1, 0.15) is 17.5 Å². The number of hydrogen-bond acceptors (Lipinski definition) is 1. The van der Waals surface area contributed by atoms with Crippen LogP contribution in [0.15, 0.2) is 24.3 Å². The van der Waals surface area contributed by atoms with Gasteiger partial charge in [0.25, 0.3) is 0 Å². The second-order valence-corrected chi connectivity index (χ2v) is 4.04. The Bertz CT molecular complexity index is 313. The fourth-order valence-corrected chi connectivity index (χ4v) is 2.56. The van der Waals surface area contributed by atoms with Crippen molar-refractivity contribution in [3.05, 3.63) is 35.4 Å². The van der Waals surface area contributed by atoms with Crippen LogP contribution in [-0.2, 0) is 11.8 Å². The first kappa shape index (κ1) is 6.67. The molecule has 62 valence electrons. The van der Waals surface area contributed by atoms with E-state index in [1.807, 2.05) is 0 Å². The molecule has 1 nitrogen and oxygen atoms in total. The van der Waals surface area contributed by atoms with Gasteiger partial charge in [-0.25, -0.2) is 0 Å². The Morgan fingerprint density at radius 1 is 1.17 bits per heavy atom. The van der Waals surface area contributed by atoms with Gasteiger partial charge < -0.3 is 5.32 Å². The van der Waals surface area contributed by atoms with E-state index in [1.54, 1.807) is 11.1 Å². The average Bonchev–Trinajstić information content (AvgIpc) is 2.42. The molecule has 1 aliphatic carbocycles. The van der Waals surface area contributed by atoms with Crippen LogP contribution in [0.5, 0.6) is 0 Å². The lowest BCUT2D eigenvalue weighted by atomic mass is 9.76. The van der Waals surface area contributed by atoms with Gasteiger partial charge in [-0.3, -0.25) is 0 Å². The van der Waals surface area contributed by atoms with Gasteiger partial charge in [-0.1, -0.05) is 24.3 Å². The minimum absolute atomic E-state index is 0.538. The van der Waals surface area contributed by atoms with E-state index < -0.39 is 0 Å². The monoisotopic (exact) mass is 159 g/mol. The Morgan fingerprint density at radius 3 is 2.75 bits per heavy atom. The van der Waals surface area contributed by atoms with Crippen LogP contribution in [0.2, 0.25) is 0 Å². The quantitative estimate of drug-likeness (QED) is 0.604. The minimum Gasteiger partial charge on any atom is -0.315 e. The van der Waals surface area contributed by atoms with E-state index in [2.05, 4.69) is 29.6 Å². The maximum Gasteiger partial charge on any atom is 0.0208 e. The van der Waals surface area contributed by atoms with Gasteiger partial charge in [0.15, 0.2) is 0 Å². The number of fused-ring (bicyclic) bond motifs is 2. The molecule has 1 aromatic carbocycles. The smallest absolute Gasteiger partial charge is 0.0208 e. The molecule has 0 aromatic heterocycles. The van der Waals surface area contributed by atoms with Crippen LogP contribution in [0.4, 0.5) is 0 Å². The molecule has 0 amide bonds. The van der Waals surface area contributed by atoms with Crippen molar-refractivity contribution in [2.45, 2.75) is 18.3 Å². The van der Waals surface area contributed by atoms with Crippen molar-refractivity contribution in [1.29, 1.82) is 0 Å². The summed E-state index contributed by atoms with van der Waals surface area (Å²) < 4.78 is 0. The standard InChI is InChI=1S/C11H13N/c1-2-4-10-9(3-1)5-6-11(10)7-12-8-11/h1-4,12H,5-8H2. The Hall–Kier alpha value is -0.820. The highest BCUT2D eigenvalue weighted by molar-refractivity contribution is 5.41. The van der Waals surface area contributed by atoms with E-state index in [0.717, 1.165) is 0 Å². The average molecular weight is 159 g/mol. The first-order valence-corrected chi connectivity index (χ1v) is 4.70. The van der Waals surface area contributed by atoms with Crippen molar-refractivity contribution >= 4 is 0 Å². The van der Waals surface area contributed by atoms with Crippen molar-refractivity contribution in [1.82, 2.24) is 5.32 Å². The maximum absolute atomic E-state index is 3.38. The highest BCUT2D eigenvalue weighted by Crippen LogP contribution is 2.41. The zero-order chi connectivity index (χ0) is 8.02. The number of hydrogen-bond donors (Lipinski definition) is 1. The summed E-state index contributed by atoms with van der Waals surface area (Å²) in [6.07, 6.45) is 2.65. The van der Waals surface area contributed by atoms with E-state index in [9.17, 15) is 0 Å². The second-order valence-electron chi connectivity index (χ2n) is 4.04. The highest BCUT2D eigenvalue weighted by atomic mass is 15.0. The molecule has 1 saturated heterocycles. The highest BCUT2D eigenvalue weighted by Gasteiger charge is 2.42. The van der Waals surface area contributed by atoms with Crippen molar-refractivity contribution < 1.29 is 0 Å². The molecule has 12 heavy (non-hydrogen) atoms. The molecule has 1 spiro atoms. The van der Waals surface area contributed by atoms with Crippen molar-refractivity contribution in [2.75, 3.05) is 13.1 Å². The zero-order valence-electron chi connectivity index (χ0n) is 7.14. The summed E-state index contributed by atoms with van der Waals surface area (Å²) in [7, 11) is 0. The minimum atomic E-state index is 0.538. The van der Waals surface area contributed by atoms with Gasteiger partial charge in [-0.05, 0) is 24.0 Å². The predicted molar refractivity (Wildman–Crippen MR) is 49.3 cm³/mol. The van der Waals surface area contributed by atoms with Crippen LogP contribution in [0.25, 0.3) is 0 Å². The van der Waals surface area contributed by atoms with Crippen molar-refractivity contribution in [3.8, 4) is 0 Å². The molecule has 0 saturated carbocycles. The third-order valence-corrected chi connectivity index (χ3v) is 3.39. The zero-order valence-corrected chi connectivity index (χ0v) is 7.14. The third-order valence-electron chi connectivity index (χ3n) is 3.39. The lowest BCUT2D eigenvalue weighted by Gasteiger charge is -2.40. The van der Waals surface area contributed by atoms with Crippen LogP contribution >= 0.6 is 0 Å². The molecular formula is C11H13N. The van der Waals surface area contributed by atoms with E-state index in [1.165, 1.54) is 25.9 Å². The summed E-state index contributed by atoms with van der Waals surface area (Å²) in [5.41, 5.74) is 3.74. The molecule has 0 unspecified atom stereocenters. The maximum atomic E-state index is 3.38. The third kappa shape index (κ3) is 0.674. The number of nitrogens with one attached hydrogen (secondary N) is 1. The van der Waals surface area contributed by atoms with E-state index >= 15 is 0 Å². The molecule has 1 heteroatoms. The molecule has 1 fully saturated rings. The molecule has 1 heterocycles. The summed E-state index contributed by atoms with van der Waals surface area (Å²) in [5.74, 6) is 0. The summed E-state index contributed by atoms with van der Waals surface area (Å²) >= 11 is 0. The Labute approximate surface area is 72.8 Å².